The first-order chi connectivity index (χ1) is 8.92. The van der Waals surface area contributed by atoms with Gasteiger partial charge in [0.2, 0.25) is 0 Å². The molecule has 0 bridgehead atoms. The molecule has 18 heavy (non-hydrogen) atoms. The van der Waals surface area contributed by atoms with E-state index in [1.807, 2.05) is 0 Å². The minimum Gasteiger partial charge on any atom is -0.380 e. The Morgan fingerprint density at radius 2 is 1.44 bits per heavy atom. The SMILES string of the molecule is [CH2]COCCn1c2ccccc2c2ccccc21. The lowest BCUT2D eigenvalue weighted by Crippen LogP contribution is -2.05. The summed E-state index contributed by atoms with van der Waals surface area (Å²) in [5.41, 5.74) is 2.54. The van der Waals surface area contributed by atoms with Crippen LogP contribution in [0.25, 0.3) is 21.8 Å². The molecule has 0 N–H and O–H groups in total. The third-order valence-electron chi connectivity index (χ3n) is 3.28. The predicted octanol–water partition coefficient (Wildman–Crippen LogP) is 3.65. The Bertz CT molecular complexity index is 616. The minimum atomic E-state index is 0.525. The van der Waals surface area contributed by atoms with E-state index in [-0.39, 0.29) is 0 Å². The molecular weight excluding hydrogens is 222 g/mol. The second-order valence-corrected chi connectivity index (χ2v) is 4.30. The molecule has 0 aliphatic heterocycles. The molecule has 91 valence electrons. The molecule has 1 radical (unpaired) electrons. The van der Waals surface area contributed by atoms with Crippen LogP contribution in [0.15, 0.2) is 48.5 Å². The van der Waals surface area contributed by atoms with Crippen LogP contribution in [0.4, 0.5) is 0 Å². The Morgan fingerprint density at radius 3 is 2.00 bits per heavy atom. The molecule has 0 saturated heterocycles. The highest BCUT2D eigenvalue weighted by atomic mass is 16.5. The maximum atomic E-state index is 5.37. The van der Waals surface area contributed by atoms with E-state index in [4.69, 9.17) is 4.74 Å². The van der Waals surface area contributed by atoms with Gasteiger partial charge in [0.15, 0.2) is 0 Å². The number of aromatic nitrogens is 1. The first-order valence-corrected chi connectivity index (χ1v) is 6.25. The standard InChI is InChI=1S/C16H16NO/c1-2-18-12-11-17-15-9-5-3-7-13(15)14-8-4-6-10-16(14)17/h3-10H,1-2,11-12H2. The summed E-state index contributed by atoms with van der Waals surface area (Å²) in [7, 11) is 0. The van der Waals surface area contributed by atoms with Gasteiger partial charge in [-0.05, 0) is 19.1 Å². The molecule has 2 heteroatoms. The summed E-state index contributed by atoms with van der Waals surface area (Å²) in [4.78, 5) is 0. The van der Waals surface area contributed by atoms with Crippen molar-refractivity contribution in [3.05, 3.63) is 55.5 Å². The van der Waals surface area contributed by atoms with Gasteiger partial charge in [-0.1, -0.05) is 36.4 Å². The van der Waals surface area contributed by atoms with Crippen LogP contribution in [-0.2, 0) is 11.3 Å². The van der Waals surface area contributed by atoms with Gasteiger partial charge in [0.1, 0.15) is 0 Å². The van der Waals surface area contributed by atoms with Gasteiger partial charge in [-0.15, -0.1) is 0 Å². The lowest BCUT2D eigenvalue weighted by atomic mass is 10.2. The monoisotopic (exact) mass is 238 g/mol. The van der Waals surface area contributed by atoms with Crippen molar-refractivity contribution in [2.45, 2.75) is 6.54 Å². The molecule has 0 unspecified atom stereocenters. The van der Waals surface area contributed by atoms with E-state index in [0.717, 1.165) is 6.54 Å². The summed E-state index contributed by atoms with van der Waals surface area (Å²) in [6.45, 7) is 5.79. The molecule has 3 aromatic rings. The third kappa shape index (κ3) is 1.79. The fourth-order valence-electron chi connectivity index (χ4n) is 2.50. The summed E-state index contributed by atoms with van der Waals surface area (Å²) in [6, 6.07) is 17.0. The number of hydrogen-bond donors (Lipinski definition) is 0. The Morgan fingerprint density at radius 1 is 0.889 bits per heavy atom. The Balaban J connectivity index is 2.18. The Labute approximate surface area is 107 Å². The number of rotatable bonds is 4. The summed E-state index contributed by atoms with van der Waals surface area (Å²) < 4.78 is 7.69. The van der Waals surface area contributed by atoms with Crippen LogP contribution in [0, 0.1) is 6.92 Å². The van der Waals surface area contributed by atoms with Gasteiger partial charge in [0, 0.05) is 35.0 Å². The fraction of sp³-hybridized carbons (Fsp3) is 0.188. The van der Waals surface area contributed by atoms with Crippen molar-refractivity contribution < 1.29 is 4.74 Å². The largest absolute Gasteiger partial charge is 0.380 e. The molecule has 0 amide bonds. The number of ether oxygens (including phenoxy) is 1. The zero-order valence-electron chi connectivity index (χ0n) is 10.3. The van der Waals surface area contributed by atoms with E-state index in [1.165, 1.54) is 21.8 Å². The van der Waals surface area contributed by atoms with Gasteiger partial charge in [-0.25, -0.2) is 0 Å². The average Bonchev–Trinajstić information content (AvgIpc) is 2.74. The smallest absolute Gasteiger partial charge is 0.0645 e. The van der Waals surface area contributed by atoms with E-state index in [0.29, 0.717) is 13.2 Å². The molecule has 3 rings (SSSR count). The third-order valence-corrected chi connectivity index (χ3v) is 3.28. The summed E-state index contributed by atoms with van der Waals surface area (Å²) in [5.74, 6) is 0. The molecule has 2 nitrogen and oxygen atoms in total. The number of hydrogen-bond acceptors (Lipinski definition) is 1. The molecular formula is C16H16NO. The van der Waals surface area contributed by atoms with Crippen LogP contribution >= 0.6 is 0 Å². The normalized spacial score (nSPS) is 11.4. The van der Waals surface area contributed by atoms with Gasteiger partial charge in [-0.3, -0.25) is 0 Å². The highest BCUT2D eigenvalue weighted by molar-refractivity contribution is 6.07. The maximum Gasteiger partial charge on any atom is 0.0645 e. The van der Waals surface area contributed by atoms with Crippen molar-refractivity contribution in [1.82, 2.24) is 4.57 Å². The van der Waals surface area contributed by atoms with Crippen LogP contribution in [0.5, 0.6) is 0 Å². The molecule has 0 saturated carbocycles. The van der Waals surface area contributed by atoms with E-state index in [1.54, 1.807) is 0 Å². The van der Waals surface area contributed by atoms with Crippen LogP contribution in [-0.4, -0.2) is 17.8 Å². The number of benzene rings is 2. The van der Waals surface area contributed by atoms with Gasteiger partial charge < -0.3 is 9.30 Å². The van der Waals surface area contributed by atoms with Gasteiger partial charge in [0.25, 0.3) is 0 Å². The summed E-state index contributed by atoms with van der Waals surface area (Å²) in [5, 5.41) is 2.62. The van der Waals surface area contributed by atoms with Crippen LogP contribution in [0.3, 0.4) is 0 Å². The van der Waals surface area contributed by atoms with E-state index < -0.39 is 0 Å². The zero-order valence-corrected chi connectivity index (χ0v) is 10.3. The van der Waals surface area contributed by atoms with Crippen LogP contribution in [0.1, 0.15) is 0 Å². The molecule has 0 atom stereocenters. The molecule has 2 aromatic carbocycles. The van der Waals surface area contributed by atoms with Crippen molar-refractivity contribution in [3.63, 3.8) is 0 Å². The number of para-hydroxylation sites is 2. The molecule has 0 fully saturated rings. The first-order valence-electron chi connectivity index (χ1n) is 6.25. The second-order valence-electron chi connectivity index (χ2n) is 4.30. The van der Waals surface area contributed by atoms with Gasteiger partial charge >= 0.3 is 0 Å². The van der Waals surface area contributed by atoms with Gasteiger partial charge in [-0.2, -0.15) is 0 Å². The lowest BCUT2D eigenvalue weighted by Gasteiger charge is -2.07. The molecule has 0 aliphatic carbocycles. The first kappa shape index (κ1) is 11.3. The van der Waals surface area contributed by atoms with E-state index >= 15 is 0 Å². The predicted molar refractivity (Wildman–Crippen MR) is 75.6 cm³/mol. The lowest BCUT2D eigenvalue weighted by molar-refractivity contribution is 0.153. The van der Waals surface area contributed by atoms with Crippen molar-refractivity contribution in [2.24, 2.45) is 0 Å². The summed E-state index contributed by atoms with van der Waals surface area (Å²) in [6.07, 6.45) is 0. The Hall–Kier alpha value is -1.80. The molecule has 1 aromatic heterocycles. The molecule has 0 spiro atoms. The molecule has 0 aliphatic rings. The topological polar surface area (TPSA) is 14.2 Å². The highest BCUT2D eigenvalue weighted by Gasteiger charge is 2.08. The fourth-order valence-corrected chi connectivity index (χ4v) is 2.50. The quantitative estimate of drug-likeness (QED) is 0.633. The van der Waals surface area contributed by atoms with E-state index in [9.17, 15) is 0 Å². The van der Waals surface area contributed by atoms with Crippen LogP contribution in [0.2, 0.25) is 0 Å². The number of nitrogens with zero attached hydrogens (tertiary/aromatic N) is 1. The van der Waals surface area contributed by atoms with Crippen molar-refractivity contribution in [1.29, 1.82) is 0 Å². The zero-order chi connectivity index (χ0) is 12.4. The minimum absolute atomic E-state index is 0.525. The van der Waals surface area contributed by atoms with E-state index in [2.05, 4.69) is 60.0 Å². The van der Waals surface area contributed by atoms with Crippen molar-refractivity contribution in [2.75, 3.05) is 13.2 Å². The molecule has 1 heterocycles. The van der Waals surface area contributed by atoms with Crippen LogP contribution < -0.4 is 0 Å². The Kier molecular flexibility index (Phi) is 3.03. The van der Waals surface area contributed by atoms with Crippen molar-refractivity contribution >= 4 is 21.8 Å². The summed E-state index contributed by atoms with van der Waals surface area (Å²) >= 11 is 0. The maximum absolute atomic E-state index is 5.37. The second kappa shape index (κ2) is 4.83. The van der Waals surface area contributed by atoms with Crippen molar-refractivity contribution in [3.8, 4) is 0 Å². The van der Waals surface area contributed by atoms with Gasteiger partial charge in [0.05, 0.1) is 6.61 Å². The average molecular weight is 238 g/mol. The number of fused-ring (bicyclic) bond motifs is 3. The highest BCUT2D eigenvalue weighted by Crippen LogP contribution is 2.28.